The van der Waals surface area contributed by atoms with Crippen LogP contribution in [0.3, 0.4) is 0 Å². The topological polar surface area (TPSA) is 83.1 Å². The number of hydrazine groups is 1. The molecule has 1 unspecified atom stereocenters. The lowest BCUT2D eigenvalue weighted by Crippen LogP contribution is -2.41. The minimum absolute atomic E-state index is 0.475. The normalized spacial score (nSPS) is 24.7. The van der Waals surface area contributed by atoms with Gasteiger partial charge >= 0.3 is 0 Å². The molecule has 1 rings (SSSR count). The van der Waals surface area contributed by atoms with Gasteiger partial charge in [0.2, 0.25) is 0 Å². The molecule has 1 aliphatic rings. The second-order valence-electron chi connectivity index (χ2n) is 1.85. The molecule has 1 atom stereocenters. The minimum atomic E-state index is -0.497. The number of carbonyl (C=O) groups excluding carboxylic acids is 1. The van der Waals surface area contributed by atoms with E-state index in [0.717, 1.165) is 0 Å². The smallest absolute Gasteiger partial charge is 0.198 e. The molecule has 0 aromatic heterocycles. The molecule has 0 aromatic carbocycles. The van der Waals surface area contributed by atoms with Crippen molar-refractivity contribution in [3.63, 3.8) is 0 Å². The largest absolute Gasteiger partial charge is 0.329 e. The molecule has 0 saturated carbocycles. The van der Waals surface area contributed by atoms with Crippen molar-refractivity contribution in [2.24, 2.45) is 16.1 Å². The van der Waals surface area contributed by atoms with E-state index in [-0.39, 0.29) is 0 Å². The summed E-state index contributed by atoms with van der Waals surface area (Å²) in [4.78, 5) is 10.2. The van der Waals surface area contributed by atoms with Crippen LogP contribution in [0.4, 0.5) is 0 Å². The van der Waals surface area contributed by atoms with Crippen LogP contribution >= 0.6 is 0 Å². The molecule has 56 valence electrons. The first kappa shape index (κ1) is 7.10. The Bertz CT molecular complexity index is 147. The summed E-state index contributed by atoms with van der Waals surface area (Å²) in [6, 6.07) is 0. The maximum atomic E-state index is 10.2. The van der Waals surface area contributed by atoms with Gasteiger partial charge in [0.1, 0.15) is 0 Å². The monoisotopic (exact) mass is 143 g/mol. The number of hydrogen-bond acceptors (Lipinski definition) is 6. The van der Waals surface area contributed by atoms with Crippen molar-refractivity contribution in [3.8, 4) is 0 Å². The zero-order valence-electron chi connectivity index (χ0n) is 5.40. The first-order chi connectivity index (χ1) is 4.88. The van der Waals surface area contributed by atoms with E-state index < -0.39 is 6.17 Å². The Balaban J connectivity index is 2.39. The van der Waals surface area contributed by atoms with Crippen molar-refractivity contribution in [1.82, 2.24) is 10.5 Å². The van der Waals surface area contributed by atoms with E-state index >= 15 is 0 Å². The molecule has 0 radical (unpaired) electrons. The Labute approximate surface area is 58.0 Å². The quantitative estimate of drug-likeness (QED) is 0.479. The van der Waals surface area contributed by atoms with Gasteiger partial charge in [0, 0.05) is 13.1 Å². The zero-order valence-corrected chi connectivity index (χ0v) is 5.40. The highest BCUT2D eigenvalue weighted by molar-refractivity contribution is 5.56. The maximum Gasteiger partial charge on any atom is 0.198 e. The van der Waals surface area contributed by atoms with Crippen LogP contribution in [-0.2, 0) is 4.79 Å². The number of hydrogen-bond donors (Lipinski definition) is 2. The molecule has 6 nitrogen and oxygen atoms in total. The summed E-state index contributed by atoms with van der Waals surface area (Å²) in [5.74, 6) is 0. The fourth-order valence-electron chi connectivity index (χ4n) is 0.686. The van der Waals surface area contributed by atoms with Crippen LogP contribution in [0.2, 0.25) is 0 Å². The van der Waals surface area contributed by atoms with Crippen LogP contribution in [0.25, 0.3) is 0 Å². The van der Waals surface area contributed by atoms with Gasteiger partial charge in [-0.05, 0) is 0 Å². The summed E-state index contributed by atoms with van der Waals surface area (Å²) < 4.78 is 0. The molecular formula is C4H9N5O. The van der Waals surface area contributed by atoms with E-state index in [0.29, 0.717) is 19.4 Å². The van der Waals surface area contributed by atoms with Gasteiger partial charge in [-0.1, -0.05) is 5.22 Å². The predicted octanol–water partition coefficient (Wildman–Crippen LogP) is -1.34. The number of aldehydes is 1. The maximum absolute atomic E-state index is 10.2. The Morgan fingerprint density at radius 1 is 1.80 bits per heavy atom. The number of rotatable bonds is 3. The Kier molecular flexibility index (Phi) is 2.30. The van der Waals surface area contributed by atoms with Gasteiger partial charge in [0.05, 0.1) is 0 Å². The van der Waals surface area contributed by atoms with Crippen molar-refractivity contribution in [2.75, 3.05) is 13.1 Å². The predicted molar refractivity (Wildman–Crippen MR) is 33.6 cm³/mol. The lowest BCUT2D eigenvalue weighted by Gasteiger charge is -2.14. The summed E-state index contributed by atoms with van der Waals surface area (Å²) in [5.41, 5.74) is 7.78. The van der Waals surface area contributed by atoms with Crippen LogP contribution in [0, 0.1) is 0 Å². The van der Waals surface area contributed by atoms with E-state index in [1.54, 1.807) is 5.01 Å². The lowest BCUT2D eigenvalue weighted by atomic mass is 10.5. The highest BCUT2D eigenvalue weighted by Gasteiger charge is 2.19. The van der Waals surface area contributed by atoms with Crippen molar-refractivity contribution in [1.29, 1.82) is 0 Å². The molecule has 1 aliphatic heterocycles. The van der Waals surface area contributed by atoms with Crippen molar-refractivity contribution >= 4 is 6.29 Å². The van der Waals surface area contributed by atoms with Crippen LogP contribution in [0.5, 0.6) is 0 Å². The van der Waals surface area contributed by atoms with E-state index in [9.17, 15) is 4.79 Å². The van der Waals surface area contributed by atoms with E-state index in [4.69, 9.17) is 5.73 Å². The molecule has 0 bridgehead atoms. The number of nitrogens with two attached hydrogens (primary N) is 1. The number of carbonyl (C=O) groups is 1. The second kappa shape index (κ2) is 3.23. The van der Waals surface area contributed by atoms with Gasteiger partial charge < -0.3 is 5.73 Å². The summed E-state index contributed by atoms with van der Waals surface area (Å²) in [7, 11) is 0. The lowest BCUT2D eigenvalue weighted by molar-refractivity contribution is -0.112. The van der Waals surface area contributed by atoms with Gasteiger partial charge in [-0.2, -0.15) is 5.01 Å². The van der Waals surface area contributed by atoms with Gasteiger partial charge in [-0.15, -0.1) is 5.11 Å². The van der Waals surface area contributed by atoms with Crippen LogP contribution in [0.1, 0.15) is 0 Å². The Morgan fingerprint density at radius 2 is 2.60 bits per heavy atom. The molecule has 0 fully saturated rings. The second-order valence-corrected chi connectivity index (χ2v) is 1.85. The highest BCUT2D eigenvalue weighted by atomic mass is 16.1. The molecule has 0 aliphatic carbocycles. The number of nitrogens with one attached hydrogen (secondary N) is 1. The molecule has 1 heterocycles. The Hall–Kier alpha value is -1.01. The van der Waals surface area contributed by atoms with Gasteiger partial charge in [0.15, 0.2) is 12.5 Å². The summed E-state index contributed by atoms with van der Waals surface area (Å²) >= 11 is 0. The summed E-state index contributed by atoms with van der Waals surface area (Å²) in [6.45, 7) is 1.04. The molecule has 0 saturated heterocycles. The van der Waals surface area contributed by atoms with Crippen LogP contribution < -0.4 is 11.3 Å². The van der Waals surface area contributed by atoms with E-state index in [2.05, 4.69) is 15.9 Å². The third-order valence-electron chi connectivity index (χ3n) is 1.16. The Morgan fingerprint density at radius 3 is 3.20 bits per heavy atom. The third kappa shape index (κ3) is 1.28. The van der Waals surface area contributed by atoms with Gasteiger partial charge in [-0.3, -0.25) is 4.79 Å². The van der Waals surface area contributed by atoms with Gasteiger partial charge in [-0.25, -0.2) is 5.53 Å². The van der Waals surface area contributed by atoms with Gasteiger partial charge in [0.25, 0.3) is 0 Å². The highest BCUT2D eigenvalue weighted by Crippen LogP contribution is 2.00. The van der Waals surface area contributed by atoms with E-state index in [1.165, 1.54) is 0 Å². The molecular weight excluding hydrogens is 134 g/mol. The average molecular weight is 143 g/mol. The first-order valence-corrected chi connectivity index (χ1v) is 2.96. The van der Waals surface area contributed by atoms with Crippen LogP contribution in [0.15, 0.2) is 10.3 Å². The molecule has 0 spiro atoms. The average Bonchev–Trinajstić information content (AvgIpc) is 2.36. The fraction of sp³-hybridized carbons (Fsp3) is 0.750. The number of nitrogens with zero attached hydrogens (tertiary/aromatic N) is 3. The van der Waals surface area contributed by atoms with E-state index in [1.807, 2.05) is 0 Å². The standard InChI is InChI=1S/C4H9N5O/c5-1-2-9-4(3-10)6-7-8-9/h3-4H,1-2,5H2,(H,6,8). The van der Waals surface area contributed by atoms with Crippen molar-refractivity contribution in [3.05, 3.63) is 0 Å². The van der Waals surface area contributed by atoms with Crippen molar-refractivity contribution < 1.29 is 4.79 Å². The molecule has 3 N–H and O–H groups in total. The fourth-order valence-corrected chi connectivity index (χ4v) is 0.686. The first-order valence-electron chi connectivity index (χ1n) is 2.96. The molecule has 6 heteroatoms. The SMILES string of the molecule is NCCN1NN=NC1C=O. The minimum Gasteiger partial charge on any atom is -0.329 e. The van der Waals surface area contributed by atoms with Crippen LogP contribution in [-0.4, -0.2) is 30.6 Å². The van der Waals surface area contributed by atoms with Crippen molar-refractivity contribution in [2.45, 2.75) is 6.17 Å². The zero-order chi connectivity index (χ0) is 7.40. The summed E-state index contributed by atoms with van der Waals surface area (Å²) in [6.07, 6.45) is 0.211. The molecule has 10 heavy (non-hydrogen) atoms. The summed E-state index contributed by atoms with van der Waals surface area (Å²) in [5, 5.41) is 8.58. The third-order valence-corrected chi connectivity index (χ3v) is 1.16. The molecule has 0 aromatic rings. The molecule has 0 amide bonds.